The average molecular weight is 892 g/mol. The average Bonchev–Trinajstić information content (AvgIpc) is 3.25. The molecule has 0 heterocycles. The minimum absolute atomic E-state index is 0.128. The van der Waals surface area contributed by atoms with Gasteiger partial charge in [-0.25, -0.2) is 9.36 Å². The Morgan fingerprint density at radius 1 is 0.532 bits per heavy atom. The summed E-state index contributed by atoms with van der Waals surface area (Å²) >= 11 is 0. The normalized spacial score (nSPS) is 14.3. The van der Waals surface area contributed by atoms with Crippen molar-refractivity contribution in [3.63, 3.8) is 0 Å². The number of carboxylic acids is 1. The second kappa shape index (κ2) is 44.5. The fraction of sp³-hybridized carbons (Fsp3) is 0.700. The zero-order valence-electron chi connectivity index (χ0n) is 38.6. The van der Waals surface area contributed by atoms with Crippen LogP contribution in [0.3, 0.4) is 0 Å². The zero-order valence-corrected chi connectivity index (χ0v) is 39.5. The standard InChI is InChI=1S/C50H86NO10P/c1-3-5-7-9-11-13-15-17-19-20-21-22-23-24-25-26-28-29-31-33-35-37-39-41-48(53)51-47(50(55)56)45-61-62(57,58)60-44-46(52)43-59-49(54)42-40-38-36-34-32-30-27-18-16-14-12-10-8-6-4-2/h5,7,11,13,17-19,21-22,24-25,27,46-47,52H,3-4,6,8-10,12,14-16,20,23,26,28-45H2,1-2H3,(H,51,53)(H,55,56)(H,57,58)/b7-5-,13-11-,19-17-,22-21-,25-24-,27-18-. The number of ether oxygens (including phenoxy) is 1. The van der Waals surface area contributed by atoms with E-state index >= 15 is 0 Å². The van der Waals surface area contributed by atoms with Crippen molar-refractivity contribution in [2.75, 3.05) is 19.8 Å². The molecule has 0 aliphatic heterocycles. The number of hydrogen-bond acceptors (Lipinski definition) is 8. The van der Waals surface area contributed by atoms with Crippen LogP contribution in [0.4, 0.5) is 0 Å². The van der Waals surface area contributed by atoms with Gasteiger partial charge in [0.15, 0.2) is 6.04 Å². The maximum Gasteiger partial charge on any atom is 0.472 e. The van der Waals surface area contributed by atoms with E-state index in [1.165, 1.54) is 38.5 Å². The molecule has 0 saturated carbocycles. The third kappa shape index (κ3) is 43.6. The predicted octanol–water partition coefficient (Wildman–Crippen LogP) is 12.9. The Kier molecular flexibility index (Phi) is 42.3. The molecular weight excluding hydrogens is 806 g/mol. The number of nitrogens with one attached hydrogen (secondary N) is 1. The van der Waals surface area contributed by atoms with Crippen molar-refractivity contribution in [3.05, 3.63) is 72.9 Å². The van der Waals surface area contributed by atoms with Crippen LogP contribution in [0.5, 0.6) is 0 Å². The second-order valence-corrected chi connectivity index (χ2v) is 17.4. The molecule has 0 aromatic rings. The van der Waals surface area contributed by atoms with Crippen molar-refractivity contribution in [2.45, 2.75) is 206 Å². The molecule has 0 fully saturated rings. The molecule has 0 aliphatic rings. The van der Waals surface area contributed by atoms with Gasteiger partial charge in [0.1, 0.15) is 12.7 Å². The number of esters is 1. The summed E-state index contributed by atoms with van der Waals surface area (Å²) in [5.41, 5.74) is 0. The number of allylic oxidation sites excluding steroid dienone is 12. The van der Waals surface area contributed by atoms with Gasteiger partial charge in [-0.15, -0.1) is 0 Å². The highest BCUT2D eigenvalue weighted by molar-refractivity contribution is 7.47. The van der Waals surface area contributed by atoms with Gasteiger partial charge in [-0.3, -0.25) is 18.6 Å². The lowest BCUT2D eigenvalue weighted by Gasteiger charge is -2.18. The third-order valence-corrected chi connectivity index (χ3v) is 10.9. The maximum atomic E-state index is 12.4. The predicted molar refractivity (Wildman–Crippen MR) is 254 cm³/mol. The van der Waals surface area contributed by atoms with Crippen molar-refractivity contribution >= 4 is 25.7 Å². The quantitative estimate of drug-likeness (QED) is 0.0200. The number of aliphatic hydroxyl groups is 1. The maximum absolute atomic E-state index is 12.4. The molecule has 0 bridgehead atoms. The summed E-state index contributed by atoms with van der Waals surface area (Å²) in [5.74, 6) is -2.40. The molecule has 3 unspecified atom stereocenters. The number of aliphatic carboxylic acids is 1. The Balaban J connectivity index is 3.91. The van der Waals surface area contributed by atoms with Crippen molar-refractivity contribution in [1.29, 1.82) is 0 Å². The molecule has 3 atom stereocenters. The number of amides is 1. The number of aliphatic hydroxyl groups excluding tert-OH is 1. The van der Waals surface area contributed by atoms with Gasteiger partial charge >= 0.3 is 19.8 Å². The Labute approximate surface area is 376 Å². The Morgan fingerprint density at radius 2 is 0.935 bits per heavy atom. The number of carboxylic acid groups (broad SMARTS) is 1. The SMILES string of the molecule is CC/C=C\C/C=C\C/C=C\C/C=C\C/C=C\CCCCCCCCCC(=O)NC(COP(=O)(O)OCC(O)COC(=O)CCCCCCC/C=C\CCCCCCCC)C(=O)O. The van der Waals surface area contributed by atoms with E-state index in [-0.39, 0.29) is 12.8 Å². The molecule has 4 N–H and O–H groups in total. The fourth-order valence-electron chi connectivity index (χ4n) is 6.28. The molecule has 0 radical (unpaired) electrons. The van der Waals surface area contributed by atoms with Gasteiger partial charge in [-0.05, 0) is 83.5 Å². The molecule has 11 nitrogen and oxygen atoms in total. The zero-order chi connectivity index (χ0) is 45.6. The summed E-state index contributed by atoms with van der Waals surface area (Å²) in [7, 11) is -4.77. The number of phosphoric ester groups is 1. The summed E-state index contributed by atoms with van der Waals surface area (Å²) < 4.78 is 26.9. The van der Waals surface area contributed by atoms with E-state index < -0.39 is 57.6 Å². The first-order valence-electron chi connectivity index (χ1n) is 24.0. The van der Waals surface area contributed by atoms with E-state index in [1.54, 1.807) is 0 Å². The monoisotopic (exact) mass is 892 g/mol. The molecule has 0 aromatic heterocycles. The molecule has 12 heteroatoms. The summed E-state index contributed by atoms with van der Waals surface area (Å²) in [5, 5.41) is 21.9. The Hall–Kier alpha value is -3.08. The van der Waals surface area contributed by atoms with Gasteiger partial charge in [-0.1, -0.05) is 170 Å². The van der Waals surface area contributed by atoms with E-state index in [0.717, 1.165) is 116 Å². The van der Waals surface area contributed by atoms with E-state index in [9.17, 15) is 34.1 Å². The van der Waals surface area contributed by atoms with Gasteiger partial charge in [-0.2, -0.15) is 0 Å². The molecular formula is C50H86NO10P. The lowest BCUT2D eigenvalue weighted by atomic mass is 10.1. The number of carbonyl (C=O) groups is 3. The smallest absolute Gasteiger partial charge is 0.472 e. The highest BCUT2D eigenvalue weighted by atomic mass is 31.2. The second-order valence-electron chi connectivity index (χ2n) is 15.9. The van der Waals surface area contributed by atoms with E-state index in [1.807, 2.05) is 0 Å². The largest absolute Gasteiger partial charge is 0.480 e. The van der Waals surface area contributed by atoms with E-state index in [0.29, 0.717) is 12.8 Å². The Bertz CT molecular complexity index is 1320. The molecule has 356 valence electrons. The number of unbranched alkanes of at least 4 members (excludes halogenated alkanes) is 18. The van der Waals surface area contributed by atoms with Crippen molar-refractivity contribution < 1.29 is 47.8 Å². The van der Waals surface area contributed by atoms with Crippen LogP contribution in [0.1, 0.15) is 194 Å². The van der Waals surface area contributed by atoms with Crippen LogP contribution in [0.25, 0.3) is 0 Å². The van der Waals surface area contributed by atoms with Gasteiger partial charge in [0.2, 0.25) is 5.91 Å². The highest BCUT2D eigenvalue weighted by Crippen LogP contribution is 2.43. The lowest BCUT2D eigenvalue weighted by Crippen LogP contribution is -2.43. The van der Waals surface area contributed by atoms with Crippen LogP contribution in [0.15, 0.2) is 72.9 Å². The summed E-state index contributed by atoms with van der Waals surface area (Å²) in [6.45, 7) is 2.46. The summed E-state index contributed by atoms with van der Waals surface area (Å²) in [4.78, 5) is 46.0. The van der Waals surface area contributed by atoms with Crippen molar-refractivity contribution in [1.82, 2.24) is 5.32 Å². The van der Waals surface area contributed by atoms with Crippen LogP contribution >= 0.6 is 7.82 Å². The van der Waals surface area contributed by atoms with Crippen LogP contribution in [-0.4, -0.2) is 64.9 Å². The molecule has 0 aliphatic carbocycles. The first kappa shape index (κ1) is 58.9. The number of phosphoric acid groups is 1. The highest BCUT2D eigenvalue weighted by Gasteiger charge is 2.28. The van der Waals surface area contributed by atoms with E-state index in [4.69, 9.17) is 13.8 Å². The summed E-state index contributed by atoms with van der Waals surface area (Å²) in [6, 6.07) is -1.56. The lowest BCUT2D eigenvalue weighted by molar-refractivity contribution is -0.147. The van der Waals surface area contributed by atoms with Gasteiger partial charge in [0.05, 0.1) is 13.2 Å². The first-order chi connectivity index (χ1) is 30.1. The molecule has 0 spiro atoms. The number of hydrogen-bond donors (Lipinski definition) is 4. The van der Waals surface area contributed by atoms with Crippen LogP contribution < -0.4 is 5.32 Å². The molecule has 0 rings (SSSR count). The van der Waals surface area contributed by atoms with Crippen molar-refractivity contribution in [3.8, 4) is 0 Å². The molecule has 62 heavy (non-hydrogen) atoms. The third-order valence-electron chi connectivity index (χ3n) is 9.98. The van der Waals surface area contributed by atoms with Gasteiger partial charge < -0.3 is 25.2 Å². The fourth-order valence-corrected chi connectivity index (χ4v) is 7.05. The Morgan fingerprint density at radius 3 is 1.42 bits per heavy atom. The first-order valence-corrected chi connectivity index (χ1v) is 25.5. The van der Waals surface area contributed by atoms with Gasteiger partial charge in [0.25, 0.3) is 0 Å². The minimum Gasteiger partial charge on any atom is -0.480 e. The van der Waals surface area contributed by atoms with Gasteiger partial charge in [0, 0.05) is 12.8 Å². The van der Waals surface area contributed by atoms with Crippen LogP contribution in [0.2, 0.25) is 0 Å². The van der Waals surface area contributed by atoms with Crippen LogP contribution in [-0.2, 0) is 32.7 Å². The van der Waals surface area contributed by atoms with Crippen LogP contribution in [0, 0.1) is 0 Å². The molecule has 0 saturated heterocycles. The van der Waals surface area contributed by atoms with Crippen molar-refractivity contribution in [2.24, 2.45) is 0 Å². The molecule has 0 aromatic carbocycles. The topological polar surface area (TPSA) is 169 Å². The summed E-state index contributed by atoms with van der Waals surface area (Å²) in [6.07, 6.45) is 53.5. The number of carbonyl (C=O) groups excluding carboxylic acids is 2. The minimum atomic E-state index is -4.77. The molecule has 1 amide bonds. The van der Waals surface area contributed by atoms with E-state index in [2.05, 4.69) is 92.1 Å². The number of rotatable bonds is 44.